The first-order valence-electron chi connectivity index (χ1n) is 6.61. The molecule has 4 nitrogen and oxygen atoms in total. The van der Waals surface area contributed by atoms with Gasteiger partial charge in [0.05, 0.1) is 21.7 Å². The summed E-state index contributed by atoms with van der Waals surface area (Å²) in [4.78, 5) is 14.8. The molecule has 102 valence electrons. The molecule has 5 heteroatoms. The molecule has 1 N–H and O–H groups in total. The highest BCUT2D eigenvalue weighted by atomic mass is 32.1. The number of thiazole rings is 1. The second-order valence-corrected chi connectivity index (χ2v) is 6.01. The molecule has 0 bridgehead atoms. The maximum absolute atomic E-state index is 4.62. The van der Waals surface area contributed by atoms with Crippen LogP contribution in [0.4, 0.5) is 5.82 Å². The summed E-state index contributed by atoms with van der Waals surface area (Å²) in [5, 5.41) is 4.51. The number of rotatable bonds is 4. The van der Waals surface area contributed by atoms with Gasteiger partial charge in [-0.25, -0.2) is 15.0 Å². The van der Waals surface area contributed by atoms with Crippen molar-refractivity contribution in [2.24, 2.45) is 0 Å². The van der Waals surface area contributed by atoms with Crippen LogP contribution in [0.3, 0.4) is 0 Å². The van der Waals surface area contributed by atoms with Crippen molar-refractivity contribution in [2.45, 2.75) is 20.3 Å². The third-order valence-corrected chi connectivity index (χ3v) is 4.02. The number of fused-ring (bicyclic) bond motifs is 1. The molecule has 1 aromatic carbocycles. The van der Waals surface area contributed by atoms with Gasteiger partial charge in [0.2, 0.25) is 0 Å². The highest BCUT2D eigenvalue weighted by Gasteiger charge is 2.05. The van der Waals surface area contributed by atoms with Gasteiger partial charge in [-0.2, -0.15) is 0 Å². The van der Waals surface area contributed by atoms with Crippen molar-refractivity contribution in [1.82, 2.24) is 15.0 Å². The van der Waals surface area contributed by atoms with Crippen molar-refractivity contribution in [3.63, 3.8) is 0 Å². The molecular weight excluding hydrogens is 268 g/mol. The van der Waals surface area contributed by atoms with Crippen molar-refractivity contribution < 1.29 is 0 Å². The fourth-order valence-corrected chi connectivity index (χ4v) is 2.85. The van der Waals surface area contributed by atoms with E-state index < -0.39 is 0 Å². The molecule has 0 amide bonds. The minimum Gasteiger partial charge on any atom is -0.368 e. The molecule has 0 aliphatic rings. The molecule has 0 saturated carbocycles. The van der Waals surface area contributed by atoms with Crippen molar-refractivity contribution >= 4 is 28.2 Å². The van der Waals surface area contributed by atoms with Gasteiger partial charge in [0, 0.05) is 24.0 Å². The van der Waals surface area contributed by atoms with Gasteiger partial charge in [0.1, 0.15) is 5.82 Å². The Morgan fingerprint density at radius 1 is 1.10 bits per heavy atom. The quantitative estimate of drug-likeness (QED) is 0.798. The normalized spacial score (nSPS) is 10.9. The Morgan fingerprint density at radius 3 is 2.55 bits per heavy atom. The van der Waals surface area contributed by atoms with E-state index in [4.69, 9.17) is 0 Å². The Balaban J connectivity index is 1.72. The second kappa shape index (κ2) is 5.54. The van der Waals surface area contributed by atoms with Crippen molar-refractivity contribution in [2.75, 3.05) is 11.9 Å². The summed E-state index contributed by atoms with van der Waals surface area (Å²) in [6.45, 7) is 4.88. The number of nitrogens with one attached hydrogen (secondary N) is 1. The van der Waals surface area contributed by atoms with Crippen LogP contribution in [0.15, 0.2) is 30.5 Å². The van der Waals surface area contributed by atoms with E-state index in [2.05, 4.69) is 27.2 Å². The van der Waals surface area contributed by atoms with Gasteiger partial charge in [0.15, 0.2) is 0 Å². The Labute approximate surface area is 121 Å². The number of nitrogens with zero attached hydrogens (tertiary/aromatic N) is 3. The van der Waals surface area contributed by atoms with Crippen molar-refractivity contribution in [1.29, 1.82) is 0 Å². The Bertz CT molecular complexity index is 736. The summed E-state index contributed by atoms with van der Waals surface area (Å²) in [5.74, 6) is 0.858. The number of aryl methyl sites for hydroxylation is 2. The van der Waals surface area contributed by atoms with E-state index in [1.807, 2.05) is 37.4 Å². The van der Waals surface area contributed by atoms with Gasteiger partial charge in [-0.05, 0) is 26.0 Å². The van der Waals surface area contributed by atoms with Gasteiger partial charge >= 0.3 is 0 Å². The van der Waals surface area contributed by atoms with E-state index >= 15 is 0 Å². The molecule has 0 radical (unpaired) electrons. The van der Waals surface area contributed by atoms with Crippen LogP contribution >= 0.6 is 11.3 Å². The van der Waals surface area contributed by atoms with Gasteiger partial charge in [0.25, 0.3) is 0 Å². The van der Waals surface area contributed by atoms with Crippen LogP contribution in [-0.4, -0.2) is 21.5 Å². The smallest absolute Gasteiger partial charge is 0.148 e. The molecule has 0 atom stereocenters. The van der Waals surface area contributed by atoms with Crippen LogP contribution in [0.2, 0.25) is 0 Å². The minimum absolute atomic E-state index is 0.820. The number of hydrogen-bond donors (Lipinski definition) is 1. The first-order chi connectivity index (χ1) is 9.72. The number of hydrogen-bond acceptors (Lipinski definition) is 5. The molecule has 0 aliphatic carbocycles. The maximum Gasteiger partial charge on any atom is 0.148 e. The zero-order valence-electron chi connectivity index (χ0n) is 11.6. The molecule has 0 unspecified atom stereocenters. The van der Waals surface area contributed by atoms with Crippen LogP contribution in [-0.2, 0) is 6.42 Å². The topological polar surface area (TPSA) is 50.7 Å². The van der Waals surface area contributed by atoms with E-state index in [0.29, 0.717) is 0 Å². The van der Waals surface area contributed by atoms with Crippen LogP contribution in [0.25, 0.3) is 11.0 Å². The van der Waals surface area contributed by atoms with Crippen LogP contribution in [0.1, 0.15) is 15.6 Å². The highest BCUT2D eigenvalue weighted by Crippen LogP contribution is 2.16. The van der Waals surface area contributed by atoms with Gasteiger partial charge in [-0.3, -0.25) is 0 Å². The molecule has 2 aromatic heterocycles. The zero-order valence-corrected chi connectivity index (χ0v) is 12.4. The van der Waals surface area contributed by atoms with Gasteiger partial charge in [-0.1, -0.05) is 12.1 Å². The molecule has 3 aromatic rings. The summed E-state index contributed by atoms with van der Waals surface area (Å²) in [6.07, 6.45) is 2.83. The maximum atomic E-state index is 4.62. The summed E-state index contributed by atoms with van der Waals surface area (Å²) in [7, 11) is 0. The van der Waals surface area contributed by atoms with Gasteiger partial charge in [-0.15, -0.1) is 11.3 Å². The second-order valence-electron chi connectivity index (χ2n) is 4.69. The van der Waals surface area contributed by atoms with Crippen LogP contribution in [0.5, 0.6) is 0 Å². The molecule has 20 heavy (non-hydrogen) atoms. The first-order valence-corrected chi connectivity index (χ1v) is 7.42. The predicted molar refractivity (Wildman–Crippen MR) is 83.3 cm³/mol. The molecule has 2 heterocycles. The lowest BCUT2D eigenvalue weighted by atomic mass is 10.3. The third-order valence-electron chi connectivity index (χ3n) is 3.05. The molecule has 0 saturated heterocycles. The first kappa shape index (κ1) is 13.0. The predicted octanol–water partition coefficient (Wildman–Crippen LogP) is 3.36. The lowest BCUT2D eigenvalue weighted by Crippen LogP contribution is -2.08. The van der Waals surface area contributed by atoms with Crippen molar-refractivity contribution in [3.8, 4) is 0 Å². The van der Waals surface area contributed by atoms with Crippen LogP contribution < -0.4 is 5.32 Å². The average Bonchev–Trinajstić information content (AvgIpc) is 2.85. The SMILES string of the molecule is Cc1cnc(CCNc2nc3ccccc3nc2C)s1. The fraction of sp³-hybridized carbons (Fsp3) is 0.267. The van der Waals surface area contributed by atoms with Crippen LogP contribution in [0, 0.1) is 13.8 Å². The third kappa shape index (κ3) is 2.77. The summed E-state index contributed by atoms with van der Waals surface area (Å²) < 4.78 is 0. The van der Waals surface area contributed by atoms with E-state index in [0.717, 1.165) is 40.5 Å². The lowest BCUT2D eigenvalue weighted by Gasteiger charge is -2.08. The van der Waals surface area contributed by atoms with E-state index in [-0.39, 0.29) is 0 Å². The molecule has 0 fully saturated rings. The fourth-order valence-electron chi connectivity index (χ4n) is 2.06. The Hall–Kier alpha value is -2.01. The Kier molecular flexibility index (Phi) is 3.60. The largest absolute Gasteiger partial charge is 0.368 e. The molecule has 0 aliphatic heterocycles. The minimum atomic E-state index is 0.820. The Morgan fingerprint density at radius 2 is 1.85 bits per heavy atom. The summed E-state index contributed by atoms with van der Waals surface area (Å²) in [5.41, 5.74) is 2.79. The number of para-hydroxylation sites is 2. The number of aromatic nitrogens is 3. The molecule has 0 spiro atoms. The zero-order chi connectivity index (χ0) is 13.9. The van der Waals surface area contributed by atoms with Gasteiger partial charge < -0.3 is 5.32 Å². The monoisotopic (exact) mass is 284 g/mol. The van der Waals surface area contributed by atoms with E-state index in [9.17, 15) is 0 Å². The number of benzene rings is 1. The number of anilines is 1. The average molecular weight is 284 g/mol. The van der Waals surface area contributed by atoms with E-state index in [1.165, 1.54) is 4.88 Å². The lowest BCUT2D eigenvalue weighted by molar-refractivity contribution is 0.980. The highest BCUT2D eigenvalue weighted by molar-refractivity contribution is 7.11. The van der Waals surface area contributed by atoms with Crippen molar-refractivity contribution in [3.05, 3.63) is 46.0 Å². The summed E-state index contributed by atoms with van der Waals surface area (Å²) >= 11 is 1.74. The molecular formula is C15H16N4S. The van der Waals surface area contributed by atoms with E-state index in [1.54, 1.807) is 11.3 Å². The standard InChI is InChI=1S/C15H16N4S/c1-10-9-17-14(20-10)7-8-16-15-11(2)18-12-5-3-4-6-13(12)19-15/h3-6,9H,7-8H2,1-2H3,(H,16,19). The molecule has 3 rings (SSSR count). The summed E-state index contributed by atoms with van der Waals surface area (Å²) in [6, 6.07) is 7.93.